The SMILES string of the molecule is CCOc1ccc(-c2nc(CN3CCC(N4CCN(C)CC4)C(C)C3)co2)cc1. The van der Waals surface area contributed by atoms with Crippen molar-refractivity contribution >= 4 is 0 Å². The lowest BCUT2D eigenvalue weighted by Crippen LogP contribution is -2.55. The van der Waals surface area contributed by atoms with Crippen LogP contribution >= 0.6 is 0 Å². The van der Waals surface area contributed by atoms with Crippen LogP contribution < -0.4 is 4.74 Å². The molecular weight excluding hydrogens is 364 g/mol. The largest absolute Gasteiger partial charge is 0.494 e. The molecule has 0 radical (unpaired) electrons. The van der Waals surface area contributed by atoms with Crippen molar-refractivity contribution in [2.45, 2.75) is 32.9 Å². The van der Waals surface area contributed by atoms with Crippen LogP contribution in [0.4, 0.5) is 0 Å². The number of hydrogen-bond acceptors (Lipinski definition) is 6. The van der Waals surface area contributed by atoms with Crippen LogP contribution in [0.3, 0.4) is 0 Å². The summed E-state index contributed by atoms with van der Waals surface area (Å²) < 4.78 is 11.3. The Kier molecular flexibility index (Phi) is 6.53. The molecular formula is C23H34N4O2. The van der Waals surface area contributed by atoms with Gasteiger partial charge in [-0.3, -0.25) is 9.80 Å². The number of likely N-dealkylation sites (N-methyl/N-ethyl adjacent to an activating group) is 1. The Morgan fingerprint density at radius 3 is 2.55 bits per heavy atom. The van der Waals surface area contributed by atoms with Gasteiger partial charge in [-0.05, 0) is 50.6 Å². The van der Waals surface area contributed by atoms with Gasteiger partial charge >= 0.3 is 0 Å². The Labute approximate surface area is 174 Å². The van der Waals surface area contributed by atoms with Crippen molar-refractivity contribution in [3.63, 3.8) is 0 Å². The summed E-state index contributed by atoms with van der Waals surface area (Å²) in [5.41, 5.74) is 2.00. The number of ether oxygens (including phenoxy) is 1. The molecule has 0 spiro atoms. The van der Waals surface area contributed by atoms with Gasteiger partial charge in [-0.2, -0.15) is 0 Å². The zero-order valence-electron chi connectivity index (χ0n) is 18.0. The normalized spacial score (nSPS) is 24.7. The van der Waals surface area contributed by atoms with Crippen molar-refractivity contribution in [3.8, 4) is 17.2 Å². The highest BCUT2D eigenvalue weighted by Crippen LogP contribution is 2.26. The number of piperazine rings is 1. The maximum atomic E-state index is 5.75. The second-order valence-electron chi connectivity index (χ2n) is 8.51. The number of hydrogen-bond donors (Lipinski definition) is 0. The molecule has 2 aromatic rings. The molecule has 158 valence electrons. The number of oxazole rings is 1. The topological polar surface area (TPSA) is 45.0 Å². The predicted molar refractivity (Wildman–Crippen MR) is 115 cm³/mol. The van der Waals surface area contributed by atoms with Crippen molar-refractivity contribution in [1.29, 1.82) is 0 Å². The molecule has 0 N–H and O–H groups in total. The van der Waals surface area contributed by atoms with Gasteiger partial charge in [-0.1, -0.05) is 6.92 Å². The van der Waals surface area contributed by atoms with Crippen molar-refractivity contribution in [1.82, 2.24) is 19.7 Å². The van der Waals surface area contributed by atoms with Gasteiger partial charge in [0.15, 0.2) is 0 Å². The van der Waals surface area contributed by atoms with Crippen LogP contribution in [-0.4, -0.2) is 78.6 Å². The van der Waals surface area contributed by atoms with Crippen LogP contribution in [0.2, 0.25) is 0 Å². The minimum absolute atomic E-state index is 0.673. The molecule has 0 saturated carbocycles. The first kappa shape index (κ1) is 20.4. The van der Waals surface area contributed by atoms with Gasteiger partial charge < -0.3 is 14.1 Å². The average Bonchev–Trinajstić information content (AvgIpc) is 3.18. The summed E-state index contributed by atoms with van der Waals surface area (Å²) in [6.07, 6.45) is 3.05. The fourth-order valence-corrected chi connectivity index (χ4v) is 4.66. The van der Waals surface area contributed by atoms with Crippen LogP contribution in [-0.2, 0) is 6.54 Å². The van der Waals surface area contributed by atoms with Gasteiger partial charge in [0.05, 0.1) is 12.3 Å². The molecule has 4 rings (SSSR count). The van der Waals surface area contributed by atoms with Gasteiger partial charge in [0.1, 0.15) is 12.0 Å². The standard InChI is InChI=1S/C23H34N4O2/c1-4-28-21-7-5-19(6-8-21)23-24-20(17-29-23)16-26-10-9-22(18(2)15-26)27-13-11-25(3)12-14-27/h5-8,17-18,22H,4,9-16H2,1-3H3. The molecule has 29 heavy (non-hydrogen) atoms. The van der Waals surface area contributed by atoms with Crippen molar-refractivity contribution in [2.24, 2.45) is 5.92 Å². The van der Waals surface area contributed by atoms with Crippen molar-refractivity contribution in [3.05, 3.63) is 36.2 Å². The van der Waals surface area contributed by atoms with E-state index in [9.17, 15) is 0 Å². The van der Waals surface area contributed by atoms with Gasteiger partial charge in [0.2, 0.25) is 5.89 Å². The van der Waals surface area contributed by atoms with Crippen LogP contribution in [0.15, 0.2) is 34.9 Å². The third-order valence-corrected chi connectivity index (χ3v) is 6.30. The van der Waals surface area contributed by atoms with Crippen LogP contribution in [0.5, 0.6) is 5.75 Å². The quantitative estimate of drug-likeness (QED) is 0.745. The average molecular weight is 399 g/mol. The lowest BCUT2D eigenvalue weighted by atomic mass is 9.91. The van der Waals surface area contributed by atoms with Gasteiger partial charge in [-0.15, -0.1) is 0 Å². The lowest BCUT2D eigenvalue weighted by molar-refractivity contribution is 0.0322. The Morgan fingerprint density at radius 1 is 1.10 bits per heavy atom. The molecule has 2 atom stereocenters. The Bertz CT molecular complexity index is 767. The molecule has 0 bridgehead atoms. The third kappa shape index (κ3) is 5.00. The molecule has 1 aromatic carbocycles. The Hall–Kier alpha value is -1.89. The molecule has 2 unspecified atom stereocenters. The molecule has 2 saturated heterocycles. The summed E-state index contributed by atoms with van der Waals surface area (Å²) in [4.78, 5) is 12.4. The fraction of sp³-hybridized carbons (Fsp3) is 0.609. The Morgan fingerprint density at radius 2 is 1.86 bits per heavy atom. The number of rotatable bonds is 6. The van der Waals surface area contributed by atoms with Crippen molar-refractivity contribution in [2.75, 3.05) is 52.9 Å². The predicted octanol–water partition coefficient (Wildman–Crippen LogP) is 3.20. The van der Waals surface area contributed by atoms with E-state index in [1.165, 1.54) is 32.6 Å². The number of aromatic nitrogens is 1. The van der Waals surface area contributed by atoms with Gasteiger partial charge in [0, 0.05) is 57.4 Å². The maximum absolute atomic E-state index is 5.75. The molecule has 0 aliphatic carbocycles. The summed E-state index contributed by atoms with van der Waals surface area (Å²) >= 11 is 0. The van der Waals surface area contributed by atoms with E-state index in [-0.39, 0.29) is 0 Å². The van der Waals surface area contributed by atoms with Crippen LogP contribution in [0.25, 0.3) is 11.5 Å². The molecule has 0 amide bonds. The first-order valence-electron chi connectivity index (χ1n) is 10.9. The van der Waals surface area contributed by atoms with Gasteiger partial charge in [-0.25, -0.2) is 4.98 Å². The smallest absolute Gasteiger partial charge is 0.226 e. The van der Waals surface area contributed by atoms with E-state index in [2.05, 4.69) is 28.7 Å². The first-order chi connectivity index (χ1) is 14.1. The van der Waals surface area contributed by atoms with Crippen molar-refractivity contribution < 1.29 is 9.15 Å². The van der Waals surface area contributed by atoms with E-state index in [4.69, 9.17) is 14.1 Å². The molecule has 2 fully saturated rings. The summed E-state index contributed by atoms with van der Waals surface area (Å²) in [6, 6.07) is 8.66. The number of likely N-dealkylation sites (tertiary alicyclic amines) is 1. The monoisotopic (exact) mass is 398 g/mol. The number of piperidine rings is 1. The minimum Gasteiger partial charge on any atom is -0.494 e. The van der Waals surface area contributed by atoms with E-state index >= 15 is 0 Å². The van der Waals surface area contributed by atoms with Gasteiger partial charge in [0.25, 0.3) is 0 Å². The second kappa shape index (κ2) is 9.28. The summed E-state index contributed by atoms with van der Waals surface area (Å²) in [7, 11) is 2.23. The Balaban J connectivity index is 1.31. The molecule has 3 heterocycles. The van der Waals surface area contributed by atoms with E-state index in [0.29, 0.717) is 18.4 Å². The fourth-order valence-electron chi connectivity index (χ4n) is 4.66. The zero-order valence-corrected chi connectivity index (χ0v) is 18.0. The van der Waals surface area contributed by atoms with Crippen LogP contribution in [0, 0.1) is 5.92 Å². The molecule has 2 aliphatic heterocycles. The molecule has 6 nitrogen and oxygen atoms in total. The van der Waals surface area contributed by atoms with E-state index in [1.807, 2.05) is 37.5 Å². The third-order valence-electron chi connectivity index (χ3n) is 6.30. The highest BCUT2D eigenvalue weighted by molar-refractivity contribution is 5.54. The van der Waals surface area contributed by atoms with E-state index in [0.717, 1.165) is 42.7 Å². The molecule has 2 aliphatic rings. The molecule has 1 aromatic heterocycles. The van der Waals surface area contributed by atoms with E-state index < -0.39 is 0 Å². The lowest BCUT2D eigenvalue weighted by Gasteiger charge is -2.45. The highest BCUT2D eigenvalue weighted by Gasteiger charge is 2.32. The summed E-state index contributed by atoms with van der Waals surface area (Å²) in [5.74, 6) is 2.24. The zero-order chi connectivity index (χ0) is 20.2. The second-order valence-corrected chi connectivity index (χ2v) is 8.51. The molecule has 6 heteroatoms. The number of nitrogens with zero attached hydrogens (tertiary/aromatic N) is 4. The summed E-state index contributed by atoms with van der Waals surface area (Å²) in [6.45, 7) is 13.0. The minimum atomic E-state index is 0.673. The summed E-state index contributed by atoms with van der Waals surface area (Å²) in [5, 5.41) is 0. The maximum Gasteiger partial charge on any atom is 0.226 e. The first-order valence-corrected chi connectivity index (χ1v) is 10.9. The highest BCUT2D eigenvalue weighted by atomic mass is 16.5. The van der Waals surface area contributed by atoms with Crippen LogP contribution in [0.1, 0.15) is 26.0 Å². The number of benzene rings is 1. The van der Waals surface area contributed by atoms with E-state index in [1.54, 1.807) is 0 Å².